The molecular formula is C11H13F6NS. The molecule has 110 valence electrons. The molecule has 0 saturated carbocycles. The highest BCUT2D eigenvalue weighted by Gasteiger charge is 2.60. The molecule has 0 aliphatic rings. The molecule has 8 heteroatoms. The molecule has 1 rings (SSSR count). The van der Waals surface area contributed by atoms with Crippen LogP contribution in [-0.2, 0) is 0 Å². The highest BCUT2D eigenvalue weighted by atomic mass is 32.1. The van der Waals surface area contributed by atoms with Crippen molar-refractivity contribution in [3.63, 3.8) is 0 Å². The Morgan fingerprint density at radius 3 is 1.79 bits per heavy atom. The predicted octanol–water partition coefficient (Wildman–Crippen LogP) is 4.37. The summed E-state index contributed by atoms with van der Waals surface area (Å²) in [4.78, 5) is 1.13. The Balaban J connectivity index is 3.29. The Morgan fingerprint density at radius 1 is 1.05 bits per heavy atom. The molecule has 0 aliphatic carbocycles. The van der Waals surface area contributed by atoms with Crippen LogP contribution in [0.15, 0.2) is 6.07 Å². The molecule has 0 aliphatic heterocycles. The number of hydrogen-bond acceptors (Lipinski definition) is 2. The summed E-state index contributed by atoms with van der Waals surface area (Å²) in [6.45, 7) is 3.16. The summed E-state index contributed by atoms with van der Waals surface area (Å²) in [7, 11) is 1.10. The van der Waals surface area contributed by atoms with Gasteiger partial charge in [-0.1, -0.05) is 0 Å². The minimum absolute atomic E-state index is 0.0460. The van der Waals surface area contributed by atoms with Crippen LogP contribution in [0.1, 0.15) is 21.4 Å². The average Bonchev–Trinajstić information content (AvgIpc) is 2.49. The van der Waals surface area contributed by atoms with Crippen LogP contribution in [0, 0.1) is 19.8 Å². The van der Waals surface area contributed by atoms with Crippen LogP contribution in [-0.4, -0.2) is 19.4 Å². The van der Waals surface area contributed by atoms with Gasteiger partial charge in [0.2, 0.25) is 0 Å². The summed E-state index contributed by atoms with van der Waals surface area (Å²) >= 11 is 1.18. The number of rotatable bonds is 3. The quantitative estimate of drug-likeness (QED) is 0.818. The largest absolute Gasteiger partial charge is 0.402 e. The van der Waals surface area contributed by atoms with Gasteiger partial charge in [-0.05, 0) is 32.5 Å². The fourth-order valence-corrected chi connectivity index (χ4v) is 3.00. The number of alkyl halides is 6. The molecule has 0 fully saturated rings. The predicted molar refractivity (Wildman–Crippen MR) is 61.2 cm³/mol. The van der Waals surface area contributed by atoms with Gasteiger partial charge in [0.1, 0.15) is 0 Å². The van der Waals surface area contributed by atoms with Gasteiger partial charge in [0.25, 0.3) is 0 Å². The molecule has 1 aromatic heterocycles. The third kappa shape index (κ3) is 3.62. The smallest absolute Gasteiger partial charge is 0.312 e. The van der Waals surface area contributed by atoms with Crippen LogP contribution < -0.4 is 5.32 Å². The van der Waals surface area contributed by atoms with Gasteiger partial charge in [-0.15, -0.1) is 11.3 Å². The lowest BCUT2D eigenvalue weighted by molar-refractivity contribution is -0.292. The number of halogens is 6. The first-order valence-electron chi connectivity index (χ1n) is 5.36. The molecule has 0 saturated heterocycles. The Labute approximate surface area is 110 Å². The minimum atomic E-state index is -5.35. The minimum Gasteiger partial charge on any atom is -0.312 e. The van der Waals surface area contributed by atoms with Crippen molar-refractivity contribution in [3.05, 3.63) is 21.4 Å². The van der Waals surface area contributed by atoms with Crippen molar-refractivity contribution >= 4 is 11.3 Å². The second-order valence-electron chi connectivity index (χ2n) is 4.20. The zero-order chi connectivity index (χ0) is 15.0. The van der Waals surface area contributed by atoms with E-state index in [0.29, 0.717) is 9.75 Å². The van der Waals surface area contributed by atoms with Gasteiger partial charge in [-0.25, -0.2) is 0 Å². The van der Waals surface area contributed by atoms with Crippen molar-refractivity contribution in [3.8, 4) is 0 Å². The SMILES string of the molecule is CNC(c1cc(C)sc1C)C(C(F)(F)F)C(F)(F)F. The lowest BCUT2D eigenvalue weighted by Crippen LogP contribution is -2.45. The average molecular weight is 305 g/mol. The maximum Gasteiger partial charge on any atom is 0.402 e. The van der Waals surface area contributed by atoms with E-state index in [4.69, 9.17) is 0 Å². The fraction of sp³-hybridized carbons (Fsp3) is 0.636. The lowest BCUT2D eigenvalue weighted by Gasteiger charge is -2.30. The topological polar surface area (TPSA) is 12.0 Å². The van der Waals surface area contributed by atoms with E-state index < -0.39 is 24.3 Å². The molecule has 1 atom stereocenters. The van der Waals surface area contributed by atoms with Crippen molar-refractivity contribution in [2.24, 2.45) is 5.92 Å². The van der Waals surface area contributed by atoms with E-state index in [2.05, 4.69) is 5.32 Å². The summed E-state index contributed by atoms with van der Waals surface area (Å²) in [6, 6.07) is -0.462. The van der Waals surface area contributed by atoms with Crippen molar-refractivity contribution < 1.29 is 26.3 Å². The van der Waals surface area contributed by atoms with Crippen LogP contribution in [0.25, 0.3) is 0 Å². The molecule has 0 spiro atoms. The van der Waals surface area contributed by atoms with Crippen LogP contribution in [0.4, 0.5) is 26.3 Å². The van der Waals surface area contributed by atoms with Gasteiger partial charge < -0.3 is 5.32 Å². The first kappa shape index (κ1) is 16.3. The lowest BCUT2D eigenvalue weighted by atomic mass is 9.92. The third-order valence-electron chi connectivity index (χ3n) is 2.76. The molecule has 0 amide bonds. The molecule has 1 nitrogen and oxygen atoms in total. The Bertz CT molecular complexity index is 419. The molecule has 0 radical (unpaired) electrons. The van der Waals surface area contributed by atoms with Gasteiger partial charge in [0.15, 0.2) is 5.92 Å². The second-order valence-corrected chi connectivity index (χ2v) is 5.66. The molecule has 0 bridgehead atoms. The Kier molecular flexibility index (Phi) is 4.56. The summed E-state index contributed by atoms with van der Waals surface area (Å²) in [5.74, 6) is -3.42. The van der Waals surface area contributed by atoms with Crippen molar-refractivity contribution in [2.45, 2.75) is 32.2 Å². The second kappa shape index (κ2) is 5.32. The van der Waals surface area contributed by atoms with Gasteiger partial charge >= 0.3 is 12.4 Å². The number of aryl methyl sites for hydroxylation is 2. The van der Waals surface area contributed by atoms with Crippen LogP contribution in [0.2, 0.25) is 0 Å². The van der Waals surface area contributed by atoms with Gasteiger partial charge in [0, 0.05) is 9.75 Å². The van der Waals surface area contributed by atoms with E-state index in [1.54, 1.807) is 6.92 Å². The summed E-state index contributed by atoms with van der Waals surface area (Å²) in [5.41, 5.74) is 0.0460. The Morgan fingerprint density at radius 2 is 1.53 bits per heavy atom. The number of thiophene rings is 1. The van der Waals surface area contributed by atoms with Gasteiger partial charge in [0.05, 0.1) is 6.04 Å². The molecule has 1 heterocycles. The standard InChI is InChI=1S/C11H13F6NS/c1-5-4-7(6(2)19-5)8(18-3)9(10(12,13)14)11(15,16)17/h4,8-9,18H,1-3H3. The normalized spacial score (nSPS) is 15.1. The van der Waals surface area contributed by atoms with Crippen LogP contribution in [0.3, 0.4) is 0 Å². The van der Waals surface area contributed by atoms with E-state index in [1.165, 1.54) is 24.3 Å². The zero-order valence-electron chi connectivity index (χ0n) is 10.4. The highest BCUT2D eigenvalue weighted by molar-refractivity contribution is 7.12. The van der Waals surface area contributed by atoms with Gasteiger partial charge in [-0.3, -0.25) is 0 Å². The molecular weight excluding hydrogens is 292 g/mol. The maximum absolute atomic E-state index is 12.7. The van der Waals surface area contributed by atoms with E-state index in [-0.39, 0.29) is 5.56 Å². The number of hydrogen-bond donors (Lipinski definition) is 1. The molecule has 0 aromatic carbocycles. The summed E-state index contributed by atoms with van der Waals surface area (Å²) in [5, 5.41) is 2.15. The van der Waals surface area contributed by atoms with E-state index in [0.717, 1.165) is 7.05 Å². The van der Waals surface area contributed by atoms with E-state index in [9.17, 15) is 26.3 Å². The molecule has 1 N–H and O–H groups in total. The van der Waals surface area contributed by atoms with E-state index >= 15 is 0 Å². The highest BCUT2D eigenvalue weighted by Crippen LogP contribution is 2.47. The maximum atomic E-state index is 12.7. The van der Waals surface area contributed by atoms with Crippen LogP contribution in [0.5, 0.6) is 0 Å². The van der Waals surface area contributed by atoms with E-state index in [1.807, 2.05) is 0 Å². The zero-order valence-corrected chi connectivity index (χ0v) is 11.2. The summed E-state index contributed by atoms with van der Waals surface area (Å²) in [6.07, 6.45) is -10.7. The summed E-state index contributed by atoms with van der Waals surface area (Å²) < 4.78 is 76.3. The molecule has 19 heavy (non-hydrogen) atoms. The first-order chi connectivity index (χ1) is 8.48. The number of nitrogens with one attached hydrogen (secondary N) is 1. The molecule has 1 unspecified atom stereocenters. The van der Waals surface area contributed by atoms with Gasteiger partial charge in [-0.2, -0.15) is 26.3 Å². The monoisotopic (exact) mass is 305 g/mol. The van der Waals surface area contributed by atoms with Crippen molar-refractivity contribution in [1.29, 1.82) is 0 Å². The van der Waals surface area contributed by atoms with Crippen molar-refractivity contribution in [1.82, 2.24) is 5.32 Å². The Hall–Kier alpha value is -0.760. The first-order valence-corrected chi connectivity index (χ1v) is 6.17. The fourth-order valence-electron chi connectivity index (χ4n) is 2.02. The van der Waals surface area contributed by atoms with Crippen molar-refractivity contribution in [2.75, 3.05) is 7.05 Å². The molecule has 1 aromatic rings. The third-order valence-corrected chi connectivity index (χ3v) is 3.75. The van der Waals surface area contributed by atoms with Crippen LogP contribution >= 0.6 is 11.3 Å².